The lowest BCUT2D eigenvalue weighted by molar-refractivity contribution is -0.131. The Balaban J connectivity index is 1.38. The van der Waals surface area contributed by atoms with Crippen molar-refractivity contribution < 1.29 is 4.79 Å². The molecule has 9 heteroatoms. The van der Waals surface area contributed by atoms with Crippen LogP contribution >= 0.6 is 0 Å². The summed E-state index contributed by atoms with van der Waals surface area (Å²) < 4.78 is 1.44. The Hall–Kier alpha value is -3.75. The van der Waals surface area contributed by atoms with Crippen molar-refractivity contribution in [2.24, 2.45) is 0 Å². The molecule has 1 aliphatic rings. The maximum atomic E-state index is 13.1. The van der Waals surface area contributed by atoms with Crippen molar-refractivity contribution in [3.8, 4) is 0 Å². The second-order valence-corrected chi connectivity index (χ2v) is 8.04. The molecule has 2 N–H and O–H groups in total. The van der Waals surface area contributed by atoms with Gasteiger partial charge in [-0.05, 0) is 25.8 Å². The molecule has 1 fully saturated rings. The number of hydrogen-bond donors (Lipinski definition) is 2. The third-order valence-corrected chi connectivity index (χ3v) is 5.91. The molecule has 0 radical (unpaired) electrons. The van der Waals surface area contributed by atoms with E-state index in [4.69, 9.17) is 0 Å². The molecule has 1 amide bonds. The molecule has 1 saturated heterocycles. The number of nitrogens with one attached hydrogen (secondary N) is 2. The van der Waals surface area contributed by atoms with Gasteiger partial charge in [0.1, 0.15) is 0 Å². The third-order valence-electron chi connectivity index (χ3n) is 5.91. The average Bonchev–Trinajstić information content (AvgIpc) is 3.20. The van der Waals surface area contributed by atoms with E-state index in [0.717, 1.165) is 18.5 Å². The first-order valence-electron chi connectivity index (χ1n) is 10.3. The second kappa shape index (κ2) is 7.50. The van der Waals surface area contributed by atoms with Crippen LogP contribution in [0.4, 0.5) is 0 Å². The molecule has 0 spiro atoms. The highest BCUT2D eigenvalue weighted by atomic mass is 16.2. The number of benzene rings is 1. The minimum absolute atomic E-state index is 0.0309. The molecule has 4 heterocycles. The summed E-state index contributed by atoms with van der Waals surface area (Å²) in [5, 5.41) is 11.0. The summed E-state index contributed by atoms with van der Waals surface area (Å²) in [6.45, 7) is 3.03. The van der Waals surface area contributed by atoms with E-state index < -0.39 is 0 Å². The molecule has 0 bridgehead atoms. The predicted molar refractivity (Wildman–Crippen MR) is 115 cm³/mol. The molecular weight excluding hydrogens is 396 g/mol. The number of H-pyrrole nitrogens is 2. The number of aromatic amines is 2. The number of likely N-dealkylation sites (tertiary alicyclic amines) is 1. The Morgan fingerprint density at radius 3 is 2.84 bits per heavy atom. The summed E-state index contributed by atoms with van der Waals surface area (Å²) >= 11 is 0. The van der Waals surface area contributed by atoms with Crippen molar-refractivity contribution in [3.05, 3.63) is 74.2 Å². The normalized spacial score (nSPS) is 16.8. The minimum Gasteiger partial charge on any atom is -0.342 e. The highest BCUT2D eigenvalue weighted by molar-refractivity contribution is 5.88. The van der Waals surface area contributed by atoms with Crippen LogP contribution in [0.15, 0.2) is 46.0 Å². The van der Waals surface area contributed by atoms with Crippen molar-refractivity contribution in [2.45, 2.75) is 32.1 Å². The minimum atomic E-state index is -0.261. The van der Waals surface area contributed by atoms with Crippen LogP contribution in [0.1, 0.15) is 35.8 Å². The zero-order chi connectivity index (χ0) is 21.5. The van der Waals surface area contributed by atoms with Crippen molar-refractivity contribution in [1.82, 2.24) is 29.7 Å². The van der Waals surface area contributed by atoms with Gasteiger partial charge >= 0.3 is 0 Å². The second-order valence-electron chi connectivity index (χ2n) is 8.04. The van der Waals surface area contributed by atoms with Crippen molar-refractivity contribution >= 4 is 22.3 Å². The number of nitrogens with zero attached hydrogens (tertiary/aromatic N) is 4. The van der Waals surface area contributed by atoms with Crippen LogP contribution in [0, 0.1) is 6.92 Å². The lowest BCUT2D eigenvalue weighted by atomic mass is 9.94. The standard InChI is InChI=1S/C22H22N6O3/c1-13-9-21(30)28-19(23-13)10-17(26-28)14-5-4-8-27(12-14)20(29)11-18-15-6-2-3-7-16(15)22(31)25-24-18/h2-3,6-7,9-10,14,26H,4-5,8,11-12H2,1H3,(H,25,31). The molecule has 31 heavy (non-hydrogen) atoms. The Kier molecular flexibility index (Phi) is 4.65. The molecule has 1 atom stereocenters. The van der Waals surface area contributed by atoms with E-state index >= 15 is 0 Å². The topological polar surface area (TPSA) is 116 Å². The van der Waals surface area contributed by atoms with Gasteiger partial charge in [-0.25, -0.2) is 14.6 Å². The number of aryl methyl sites for hydroxylation is 1. The first-order valence-corrected chi connectivity index (χ1v) is 10.3. The van der Waals surface area contributed by atoms with E-state index in [1.54, 1.807) is 19.1 Å². The number of piperidine rings is 1. The molecule has 0 aliphatic carbocycles. The molecule has 5 rings (SSSR count). The van der Waals surface area contributed by atoms with E-state index in [9.17, 15) is 14.4 Å². The Labute approximate surface area is 176 Å². The van der Waals surface area contributed by atoms with Crippen LogP contribution in [0.5, 0.6) is 0 Å². The number of aromatic nitrogens is 5. The lowest BCUT2D eigenvalue weighted by Crippen LogP contribution is -2.40. The van der Waals surface area contributed by atoms with Crippen LogP contribution in [-0.2, 0) is 11.2 Å². The summed E-state index contributed by atoms with van der Waals surface area (Å²) in [4.78, 5) is 43.5. The molecule has 1 aliphatic heterocycles. The fourth-order valence-corrected chi connectivity index (χ4v) is 4.36. The van der Waals surface area contributed by atoms with Gasteiger partial charge in [-0.2, -0.15) is 5.10 Å². The van der Waals surface area contributed by atoms with Crippen LogP contribution in [0.2, 0.25) is 0 Å². The third kappa shape index (κ3) is 3.52. The van der Waals surface area contributed by atoms with E-state index in [2.05, 4.69) is 20.3 Å². The van der Waals surface area contributed by atoms with Crippen LogP contribution in [0.25, 0.3) is 16.4 Å². The molecule has 158 valence electrons. The number of hydrogen-bond acceptors (Lipinski definition) is 5. The SMILES string of the molecule is Cc1cc(=O)n2[nH]c(C3CCCN(C(=O)Cc4n[nH]c(=O)c5ccccc45)C3)cc2n1. The monoisotopic (exact) mass is 418 g/mol. The largest absolute Gasteiger partial charge is 0.342 e. The smallest absolute Gasteiger partial charge is 0.272 e. The van der Waals surface area contributed by atoms with Gasteiger partial charge in [0.05, 0.1) is 17.5 Å². The fourth-order valence-electron chi connectivity index (χ4n) is 4.36. The molecule has 1 unspecified atom stereocenters. The number of carbonyl (C=O) groups excluding carboxylic acids is 1. The van der Waals surface area contributed by atoms with Gasteiger partial charge in [0, 0.05) is 47.9 Å². The Morgan fingerprint density at radius 1 is 1.19 bits per heavy atom. The highest BCUT2D eigenvalue weighted by Gasteiger charge is 2.27. The lowest BCUT2D eigenvalue weighted by Gasteiger charge is -2.32. The first kappa shape index (κ1) is 19.2. The van der Waals surface area contributed by atoms with Gasteiger partial charge in [0.25, 0.3) is 11.1 Å². The van der Waals surface area contributed by atoms with Gasteiger partial charge in [0.2, 0.25) is 5.91 Å². The molecule has 0 saturated carbocycles. The van der Waals surface area contributed by atoms with Crippen LogP contribution in [-0.4, -0.2) is 48.7 Å². The number of amides is 1. The number of rotatable bonds is 3. The van der Waals surface area contributed by atoms with E-state index in [0.29, 0.717) is 40.9 Å². The van der Waals surface area contributed by atoms with Gasteiger partial charge in [-0.1, -0.05) is 18.2 Å². The van der Waals surface area contributed by atoms with Gasteiger partial charge in [-0.3, -0.25) is 19.5 Å². The summed E-state index contributed by atoms with van der Waals surface area (Å²) in [6, 6.07) is 10.6. The average molecular weight is 418 g/mol. The van der Waals surface area contributed by atoms with Crippen LogP contribution in [0.3, 0.4) is 0 Å². The van der Waals surface area contributed by atoms with Gasteiger partial charge < -0.3 is 4.90 Å². The van der Waals surface area contributed by atoms with E-state index in [-0.39, 0.29) is 29.4 Å². The van der Waals surface area contributed by atoms with Gasteiger partial charge in [0.15, 0.2) is 5.65 Å². The molecule has 3 aromatic heterocycles. The maximum Gasteiger partial charge on any atom is 0.272 e. The summed E-state index contributed by atoms with van der Waals surface area (Å²) in [7, 11) is 0. The predicted octanol–water partition coefficient (Wildman–Crippen LogP) is 1.52. The quantitative estimate of drug-likeness (QED) is 0.523. The molecular formula is C22H22N6O3. The zero-order valence-corrected chi connectivity index (χ0v) is 17.1. The summed E-state index contributed by atoms with van der Waals surface area (Å²) in [6.07, 6.45) is 1.91. The number of carbonyl (C=O) groups is 1. The Bertz CT molecular complexity index is 1420. The Morgan fingerprint density at radius 2 is 2.00 bits per heavy atom. The van der Waals surface area contributed by atoms with E-state index in [1.165, 1.54) is 10.6 Å². The molecule has 4 aromatic rings. The van der Waals surface area contributed by atoms with Crippen LogP contribution < -0.4 is 11.1 Å². The number of fused-ring (bicyclic) bond motifs is 2. The first-order chi connectivity index (χ1) is 15.0. The van der Waals surface area contributed by atoms with Crippen molar-refractivity contribution in [1.29, 1.82) is 0 Å². The highest BCUT2D eigenvalue weighted by Crippen LogP contribution is 2.27. The summed E-state index contributed by atoms with van der Waals surface area (Å²) in [5.74, 6) is 0.0658. The maximum absolute atomic E-state index is 13.1. The van der Waals surface area contributed by atoms with Crippen molar-refractivity contribution in [3.63, 3.8) is 0 Å². The molecule has 9 nitrogen and oxygen atoms in total. The molecule has 1 aromatic carbocycles. The van der Waals surface area contributed by atoms with Crippen molar-refractivity contribution in [2.75, 3.05) is 13.1 Å². The fraction of sp³-hybridized carbons (Fsp3) is 0.318. The zero-order valence-electron chi connectivity index (χ0n) is 17.1. The van der Waals surface area contributed by atoms with E-state index in [1.807, 2.05) is 23.1 Å². The summed E-state index contributed by atoms with van der Waals surface area (Å²) in [5.41, 5.74) is 2.33. The van der Waals surface area contributed by atoms with Gasteiger partial charge in [-0.15, -0.1) is 0 Å².